The van der Waals surface area contributed by atoms with Crippen LogP contribution in [0.3, 0.4) is 0 Å². The first-order valence-corrected chi connectivity index (χ1v) is 7.00. The van der Waals surface area contributed by atoms with Crippen molar-refractivity contribution in [1.29, 1.82) is 0 Å². The van der Waals surface area contributed by atoms with Crippen molar-refractivity contribution in [2.24, 2.45) is 0 Å². The van der Waals surface area contributed by atoms with Gasteiger partial charge in [-0.3, -0.25) is 4.79 Å². The van der Waals surface area contributed by atoms with Gasteiger partial charge in [-0.25, -0.2) is 0 Å². The number of nitrogens with one attached hydrogen (secondary N) is 1. The molecule has 1 rings (SSSR count). The molecule has 0 atom stereocenters. The van der Waals surface area contributed by atoms with Crippen LogP contribution in [0.2, 0.25) is 10.0 Å². The first-order valence-electron chi connectivity index (χ1n) is 6.24. The van der Waals surface area contributed by atoms with Crippen LogP contribution >= 0.6 is 23.2 Å². The highest BCUT2D eigenvalue weighted by Gasteiger charge is 2.10. The number of nitrogens with two attached hydrogens (primary N) is 1. The largest absolute Gasteiger partial charge is 0.397 e. The molecule has 0 aliphatic rings. The van der Waals surface area contributed by atoms with Crippen LogP contribution in [-0.4, -0.2) is 32.3 Å². The minimum absolute atomic E-state index is 0.213. The molecule has 0 aliphatic heterocycles. The third kappa shape index (κ3) is 5.96. The summed E-state index contributed by atoms with van der Waals surface area (Å²) in [6.45, 7) is 3.86. The number of amides is 1. The Hall–Kier alpha value is -1.01. The molecule has 112 valence electrons. The van der Waals surface area contributed by atoms with Gasteiger partial charge in [0.25, 0.3) is 0 Å². The van der Waals surface area contributed by atoms with E-state index < -0.39 is 0 Å². The van der Waals surface area contributed by atoms with E-state index in [1.807, 2.05) is 6.92 Å². The second-order valence-corrected chi connectivity index (χ2v) is 4.80. The molecule has 0 bridgehead atoms. The van der Waals surface area contributed by atoms with Crippen LogP contribution in [0.1, 0.15) is 13.3 Å². The molecule has 0 heterocycles. The number of ether oxygens (including phenoxy) is 2. The standard InChI is InChI=1S/C13H18Cl2N2O3/c1-2-19-5-6-20-4-3-12(18)17-13-10(15)7-9(14)8-11(13)16/h7-8H,2-6,16H2,1H3,(H,17,18). The summed E-state index contributed by atoms with van der Waals surface area (Å²) in [6.07, 6.45) is 0.213. The number of hydrogen-bond acceptors (Lipinski definition) is 4. The second kappa shape index (κ2) is 9.02. The van der Waals surface area contributed by atoms with Crippen molar-refractivity contribution in [3.63, 3.8) is 0 Å². The third-order valence-corrected chi connectivity index (χ3v) is 2.92. The van der Waals surface area contributed by atoms with Crippen LogP contribution < -0.4 is 11.1 Å². The summed E-state index contributed by atoms with van der Waals surface area (Å²) in [5.41, 5.74) is 6.45. The van der Waals surface area contributed by atoms with Gasteiger partial charge in [0.05, 0.1) is 42.6 Å². The topological polar surface area (TPSA) is 73.6 Å². The average molecular weight is 321 g/mol. The molecule has 3 N–H and O–H groups in total. The molecule has 5 nitrogen and oxygen atoms in total. The minimum Gasteiger partial charge on any atom is -0.397 e. The maximum absolute atomic E-state index is 11.7. The Balaban J connectivity index is 2.36. The molecule has 7 heteroatoms. The lowest BCUT2D eigenvalue weighted by Gasteiger charge is -2.11. The Bertz CT molecular complexity index is 432. The predicted octanol–water partition coefficient (Wildman–Crippen LogP) is 2.96. The molecule has 0 saturated heterocycles. The smallest absolute Gasteiger partial charge is 0.226 e. The molecule has 0 unspecified atom stereocenters. The zero-order valence-electron chi connectivity index (χ0n) is 11.2. The van der Waals surface area contributed by atoms with Crippen molar-refractivity contribution in [3.8, 4) is 0 Å². The quantitative estimate of drug-likeness (QED) is 0.570. The number of anilines is 2. The highest BCUT2D eigenvalue weighted by atomic mass is 35.5. The van der Waals surface area contributed by atoms with Crippen molar-refractivity contribution in [1.82, 2.24) is 0 Å². The predicted molar refractivity (Wildman–Crippen MR) is 81.4 cm³/mol. The van der Waals surface area contributed by atoms with Crippen LogP contribution in [0.25, 0.3) is 0 Å². The van der Waals surface area contributed by atoms with Crippen molar-refractivity contribution in [2.75, 3.05) is 37.5 Å². The Morgan fingerprint density at radius 2 is 1.95 bits per heavy atom. The summed E-state index contributed by atoms with van der Waals surface area (Å²) in [7, 11) is 0. The summed E-state index contributed by atoms with van der Waals surface area (Å²) in [5.74, 6) is -0.225. The molecule has 1 amide bonds. The van der Waals surface area contributed by atoms with Crippen LogP contribution in [-0.2, 0) is 14.3 Å². The Labute approximate surface area is 128 Å². The van der Waals surface area contributed by atoms with Gasteiger partial charge < -0.3 is 20.5 Å². The van der Waals surface area contributed by atoms with E-state index in [0.717, 1.165) is 0 Å². The second-order valence-electron chi connectivity index (χ2n) is 3.96. The van der Waals surface area contributed by atoms with Gasteiger partial charge in [0.1, 0.15) is 0 Å². The SMILES string of the molecule is CCOCCOCCC(=O)Nc1c(N)cc(Cl)cc1Cl. The van der Waals surface area contributed by atoms with E-state index in [0.29, 0.717) is 47.8 Å². The summed E-state index contributed by atoms with van der Waals surface area (Å²) in [5, 5.41) is 3.37. The van der Waals surface area contributed by atoms with Gasteiger partial charge in [-0.2, -0.15) is 0 Å². The Morgan fingerprint density at radius 1 is 1.25 bits per heavy atom. The van der Waals surface area contributed by atoms with Gasteiger partial charge >= 0.3 is 0 Å². The number of carbonyl (C=O) groups excluding carboxylic acids is 1. The fraction of sp³-hybridized carbons (Fsp3) is 0.462. The van der Waals surface area contributed by atoms with E-state index in [2.05, 4.69) is 5.32 Å². The molecule has 20 heavy (non-hydrogen) atoms. The summed E-state index contributed by atoms with van der Waals surface area (Å²) in [4.78, 5) is 11.7. The lowest BCUT2D eigenvalue weighted by atomic mass is 10.2. The maximum atomic E-state index is 11.7. The van der Waals surface area contributed by atoms with Gasteiger partial charge in [0.2, 0.25) is 5.91 Å². The van der Waals surface area contributed by atoms with Gasteiger partial charge in [-0.15, -0.1) is 0 Å². The van der Waals surface area contributed by atoms with E-state index in [9.17, 15) is 4.79 Å². The first-order chi connectivity index (χ1) is 9.54. The summed E-state index contributed by atoms with van der Waals surface area (Å²) in [6, 6.07) is 3.05. The molecule has 1 aromatic carbocycles. The van der Waals surface area contributed by atoms with Crippen LogP contribution in [0.4, 0.5) is 11.4 Å². The van der Waals surface area contributed by atoms with Gasteiger partial charge in [0.15, 0.2) is 0 Å². The Kier molecular flexibility index (Phi) is 7.69. The number of hydrogen-bond donors (Lipinski definition) is 2. The maximum Gasteiger partial charge on any atom is 0.226 e. The summed E-state index contributed by atoms with van der Waals surface area (Å²) >= 11 is 11.8. The highest BCUT2D eigenvalue weighted by molar-refractivity contribution is 6.37. The first kappa shape index (κ1) is 17.0. The molecule has 0 fully saturated rings. The van der Waals surface area contributed by atoms with Crippen LogP contribution in [0.5, 0.6) is 0 Å². The zero-order chi connectivity index (χ0) is 15.0. The number of nitrogen functional groups attached to an aromatic ring is 1. The summed E-state index contributed by atoms with van der Waals surface area (Å²) < 4.78 is 10.4. The lowest BCUT2D eigenvalue weighted by molar-refractivity contribution is -0.117. The van der Waals surface area contributed by atoms with Gasteiger partial charge in [-0.05, 0) is 19.1 Å². The molecular weight excluding hydrogens is 303 g/mol. The molecule has 0 aliphatic carbocycles. The number of carbonyl (C=O) groups is 1. The normalized spacial score (nSPS) is 10.6. The molecule has 0 saturated carbocycles. The van der Waals surface area contributed by atoms with Crippen molar-refractivity contribution >= 4 is 40.5 Å². The van der Waals surface area contributed by atoms with E-state index in [1.165, 1.54) is 12.1 Å². The van der Waals surface area contributed by atoms with E-state index in [1.54, 1.807) is 0 Å². The zero-order valence-corrected chi connectivity index (χ0v) is 12.8. The highest BCUT2D eigenvalue weighted by Crippen LogP contribution is 2.32. The van der Waals surface area contributed by atoms with Crippen LogP contribution in [0.15, 0.2) is 12.1 Å². The van der Waals surface area contributed by atoms with E-state index >= 15 is 0 Å². The van der Waals surface area contributed by atoms with E-state index in [4.69, 9.17) is 38.4 Å². The number of rotatable bonds is 8. The molecule has 1 aromatic rings. The van der Waals surface area contributed by atoms with E-state index in [-0.39, 0.29) is 12.3 Å². The minimum atomic E-state index is -0.225. The molecule has 0 spiro atoms. The Morgan fingerprint density at radius 3 is 2.60 bits per heavy atom. The van der Waals surface area contributed by atoms with Crippen molar-refractivity contribution in [3.05, 3.63) is 22.2 Å². The number of halogens is 2. The van der Waals surface area contributed by atoms with Crippen molar-refractivity contribution in [2.45, 2.75) is 13.3 Å². The molecular formula is C13H18Cl2N2O3. The fourth-order valence-corrected chi connectivity index (χ4v) is 2.01. The third-order valence-electron chi connectivity index (χ3n) is 2.40. The van der Waals surface area contributed by atoms with Crippen molar-refractivity contribution < 1.29 is 14.3 Å². The lowest BCUT2D eigenvalue weighted by Crippen LogP contribution is -2.16. The number of benzene rings is 1. The van der Waals surface area contributed by atoms with Gasteiger partial charge in [0, 0.05) is 11.6 Å². The average Bonchev–Trinajstić information content (AvgIpc) is 2.38. The molecule has 0 radical (unpaired) electrons. The fourth-order valence-electron chi connectivity index (χ4n) is 1.46. The monoisotopic (exact) mass is 320 g/mol. The van der Waals surface area contributed by atoms with Crippen LogP contribution in [0, 0.1) is 0 Å². The van der Waals surface area contributed by atoms with Gasteiger partial charge in [-0.1, -0.05) is 23.2 Å². The molecule has 0 aromatic heterocycles.